The zero-order valence-electron chi connectivity index (χ0n) is 7.44. The summed E-state index contributed by atoms with van der Waals surface area (Å²) >= 11 is 0. The summed E-state index contributed by atoms with van der Waals surface area (Å²) in [6.07, 6.45) is 5.35. The van der Waals surface area contributed by atoms with Crippen LogP contribution in [0.15, 0.2) is 22.6 Å². The van der Waals surface area contributed by atoms with Gasteiger partial charge in [0.1, 0.15) is 5.84 Å². The lowest BCUT2D eigenvalue weighted by atomic mass is 10.1. The largest absolute Gasteiger partial charge is 0.386 e. The van der Waals surface area contributed by atoms with Crippen molar-refractivity contribution < 1.29 is 0 Å². The average Bonchev–Trinajstić information content (AvgIpc) is 2.53. The molecule has 1 aromatic rings. The molecular weight excluding hydrogens is 166 g/mol. The first-order valence-electron chi connectivity index (χ1n) is 4.13. The minimum atomic E-state index is 0.604. The van der Waals surface area contributed by atoms with E-state index in [9.17, 15) is 0 Å². The highest BCUT2D eigenvalue weighted by Crippen LogP contribution is 2.09. The van der Waals surface area contributed by atoms with Crippen LogP contribution in [0.1, 0.15) is 18.4 Å². The number of rotatable bonds is 1. The maximum atomic E-state index is 5.50. The highest BCUT2D eigenvalue weighted by Gasteiger charge is 2.10. The van der Waals surface area contributed by atoms with E-state index < -0.39 is 0 Å². The molecule has 2 rings (SSSR count). The highest BCUT2D eigenvalue weighted by molar-refractivity contribution is 6.03. The molecule has 5 nitrogen and oxygen atoms in total. The molecule has 1 aliphatic heterocycles. The quantitative estimate of drug-likeness (QED) is 0.669. The molecule has 68 valence electrons. The predicted molar refractivity (Wildman–Crippen MR) is 50.6 cm³/mol. The van der Waals surface area contributed by atoms with Gasteiger partial charge < -0.3 is 5.73 Å². The van der Waals surface area contributed by atoms with Gasteiger partial charge >= 0.3 is 0 Å². The third-order valence-electron chi connectivity index (χ3n) is 1.96. The maximum Gasteiger partial charge on any atom is 0.122 e. The zero-order chi connectivity index (χ0) is 9.26. The van der Waals surface area contributed by atoms with E-state index in [0.29, 0.717) is 5.84 Å². The van der Waals surface area contributed by atoms with Crippen LogP contribution in [-0.2, 0) is 7.05 Å². The van der Waals surface area contributed by atoms with Crippen LogP contribution in [0.3, 0.4) is 0 Å². The van der Waals surface area contributed by atoms with Gasteiger partial charge in [0, 0.05) is 25.2 Å². The van der Waals surface area contributed by atoms with Gasteiger partial charge in [-0.05, 0) is 6.42 Å². The molecule has 0 saturated carbocycles. The Hall–Kier alpha value is -1.65. The van der Waals surface area contributed by atoms with Crippen LogP contribution in [0, 0.1) is 0 Å². The van der Waals surface area contributed by atoms with Gasteiger partial charge in [-0.2, -0.15) is 10.2 Å². The van der Waals surface area contributed by atoms with Crippen molar-refractivity contribution in [2.45, 2.75) is 12.8 Å². The standard InChI is InChI=1S/C8H11N5/c1-13-5-6(4-10-13)7-2-3-8(9)12-11-7/h4-5H,2-3H2,1H3,(H2,9,12). The molecule has 2 heterocycles. The van der Waals surface area contributed by atoms with Gasteiger partial charge in [-0.15, -0.1) is 5.10 Å². The lowest BCUT2D eigenvalue weighted by Crippen LogP contribution is -2.17. The Kier molecular flexibility index (Phi) is 1.84. The fourth-order valence-electron chi connectivity index (χ4n) is 1.24. The molecule has 0 amide bonds. The maximum absolute atomic E-state index is 5.50. The summed E-state index contributed by atoms with van der Waals surface area (Å²) < 4.78 is 1.75. The van der Waals surface area contributed by atoms with Gasteiger partial charge in [0.2, 0.25) is 0 Å². The second kappa shape index (κ2) is 3.01. The van der Waals surface area contributed by atoms with Crippen LogP contribution in [0.4, 0.5) is 0 Å². The molecular formula is C8H11N5. The molecule has 1 aromatic heterocycles. The molecule has 5 heteroatoms. The molecule has 2 N–H and O–H groups in total. The normalized spacial score (nSPS) is 16.7. The number of amidine groups is 1. The number of nitrogens with zero attached hydrogens (tertiary/aromatic N) is 4. The van der Waals surface area contributed by atoms with Gasteiger partial charge in [-0.1, -0.05) is 0 Å². The summed E-state index contributed by atoms with van der Waals surface area (Å²) in [7, 11) is 1.88. The lowest BCUT2D eigenvalue weighted by molar-refractivity contribution is 0.767. The molecule has 13 heavy (non-hydrogen) atoms. The van der Waals surface area contributed by atoms with Gasteiger partial charge in [-0.25, -0.2) is 0 Å². The summed E-state index contributed by atoms with van der Waals surface area (Å²) in [6.45, 7) is 0. The first-order chi connectivity index (χ1) is 6.25. The summed E-state index contributed by atoms with van der Waals surface area (Å²) in [6, 6.07) is 0. The van der Waals surface area contributed by atoms with E-state index in [4.69, 9.17) is 5.73 Å². The Bertz CT molecular complexity index is 374. The van der Waals surface area contributed by atoms with Crippen LogP contribution < -0.4 is 5.73 Å². The van der Waals surface area contributed by atoms with Gasteiger partial charge in [-0.3, -0.25) is 4.68 Å². The third-order valence-corrected chi connectivity index (χ3v) is 1.96. The fourth-order valence-corrected chi connectivity index (χ4v) is 1.24. The monoisotopic (exact) mass is 177 g/mol. The molecule has 0 saturated heterocycles. The number of hydrogen-bond donors (Lipinski definition) is 1. The Morgan fingerprint density at radius 1 is 1.38 bits per heavy atom. The van der Waals surface area contributed by atoms with E-state index >= 15 is 0 Å². The van der Waals surface area contributed by atoms with E-state index in [1.54, 1.807) is 10.9 Å². The number of aryl methyl sites for hydroxylation is 1. The second-order valence-corrected chi connectivity index (χ2v) is 3.04. The first kappa shape index (κ1) is 7.97. The van der Waals surface area contributed by atoms with E-state index in [1.165, 1.54) is 0 Å². The Morgan fingerprint density at radius 3 is 2.77 bits per heavy atom. The minimum absolute atomic E-state index is 0.604. The number of nitrogens with two attached hydrogens (primary N) is 1. The van der Waals surface area contributed by atoms with Crippen LogP contribution in [0.2, 0.25) is 0 Å². The summed E-state index contributed by atoms with van der Waals surface area (Å²) in [5.74, 6) is 0.604. The van der Waals surface area contributed by atoms with Crippen molar-refractivity contribution in [1.82, 2.24) is 9.78 Å². The van der Waals surface area contributed by atoms with E-state index in [0.717, 1.165) is 24.1 Å². The Balaban J connectivity index is 2.28. The first-order valence-corrected chi connectivity index (χ1v) is 4.13. The SMILES string of the molecule is Cn1cc(C2=NN=C(N)CC2)cn1. The Labute approximate surface area is 76.0 Å². The van der Waals surface area contributed by atoms with Crippen molar-refractivity contribution >= 4 is 11.5 Å². The van der Waals surface area contributed by atoms with E-state index in [-0.39, 0.29) is 0 Å². The predicted octanol–water partition coefficient (Wildman–Crippen LogP) is 0.275. The smallest absolute Gasteiger partial charge is 0.122 e. The minimum Gasteiger partial charge on any atom is -0.386 e. The van der Waals surface area contributed by atoms with Crippen molar-refractivity contribution in [2.75, 3.05) is 0 Å². The molecule has 0 aliphatic carbocycles. The molecule has 0 spiro atoms. The van der Waals surface area contributed by atoms with Crippen molar-refractivity contribution in [3.8, 4) is 0 Å². The fraction of sp³-hybridized carbons (Fsp3) is 0.375. The molecule has 0 fully saturated rings. The molecule has 0 unspecified atom stereocenters. The summed E-state index contributed by atoms with van der Waals surface area (Å²) in [4.78, 5) is 0. The van der Waals surface area contributed by atoms with Crippen LogP contribution in [0.25, 0.3) is 0 Å². The van der Waals surface area contributed by atoms with Crippen LogP contribution in [-0.4, -0.2) is 21.3 Å². The number of hydrogen-bond acceptors (Lipinski definition) is 4. The topological polar surface area (TPSA) is 68.6 Å². The zero-order valence-corrected chi connectivity index (χ0v) is 7.44. The summed E-state index contributed by atoms with van der Waals surface area (Å²) in [5, 5.41) is 11.9. The van der Waals surface area contributed by atoms with Crippen LogP contribution >= 0.6 is 0 Å². The van der Waals surface area contributed by atoms with E-state index in [1.807, 2.05) is 13.2 Å². The van der Waals surface area contributed by atoms with Crippen molar-refractivity contribution in [1.29, 1.82) is 0 Å². The van der Waals surface area contributed by atoms with Crippen molar-refractivity contribution in [3.05, 3.63) is 18.0 Å². The van der Waals surface area contributed by atoms with Crippen LogP contribution in [0.5, 0.6) is 0 Å². The molecule has 0 atom stereocenters. The highest BCUT2D eigenvalue weighted by atomic mass is 15.3. The molecule has 0 aromatic carbocycles. The summed E-state index contributed by atoms with van der Waals surface area (Å²) in [5.41, 5.74) is 7.49. The van der Waals surface area contributed by atoms with Gasteiger partial charge in [0.25, 0.3) is 0 Å². The molecule has 0 radical (unpaired) electrons. The van der Waals surface area contributed by atoms with Gasteiger partial charge in [0.05, 0.1) is 11.9 Å². The third kappa shape index (κ3) is 1.58. The van der Waals surface area contributed by atoms with Gasteiger partial charge in [0.15, 0.2) is 0 Å². The van der Waals surface area contributed by atoms with Crippen molar-refractivity contribution in [2.24, 2.45) is 23.0 Å². The molecule has 0 bridgehead atoms. The molecule has 1 aliphatic rings. The second-order valence-electron chi connectivity index (χ2n) is 3.04. The number of aromatic nitrogens is 2. The van der Waals surface area contributed by atoms with Crippen molar-refractivity contribution in [3.63, 3.8) is 0 Å². The van der Waals surface area contributed by atoms with E-state index in [2.05, 4.69) is 15.3 Å². The Morgan fingerprint density at radius 2 is 2.23 bits per heavy atom. The lowest BCUT2D eigenvalue weighted by Gasteiger charge is -2.06. The average molecular weight is 177 g/mol.